The van der Waals surface area contributed by atoms with Gasteiger partial charge in [-0.1, -0.05) is 44.2 Å². The third-order valence-corrected chi connectivity index (χ3v) is 6.45. The van der Waals surface area contributed by atoms with Crippen molar-refractivity contribution in [1.82, 2.24) is 10.2 Å². The van der Waals surface area contributed by atoms with E-state index in [1.807, 2.05) is 38.1 Å². The SMILES string of the molecule is CCC(=O)N1CCc2ccc(O[C@@H](CC)C(=O)NCc3ccc(F)cc3)cc2[C@H]1c1cccc(F)c1. The summed E-state index contributed by atoms with van der Waals surface area (Å²) in [6.07, 6.45) is 0.750. The molecule has 2 amide bonds. The van der Waals surface area contributed by atoms with E-state index in [9.17, 15) is 18.4 Å². The Morgan fingerprint density at radius 3 is 2.50 bits per heavy atom. The summed E-state index contributed by atoms with van der Waals surface area (Å²) in [7, 11) is 0. The van der Waals surface area contributed by atoms with Gasteiger partial charge in [-0.2, -0.15) is 0 Å². The van der Waals surface area contributed by atoms with Crippen molar-refractivity contribution >= 4 is 11.8 Å². The van der Waals surface area contributed by atoms with Crippen molar-refractivity contribution in [2.45, 2.75) is 51.8 Å². The number of hydrogen-bond donors (Lipinski definition) is 1. The Hall–Kier alpha value is -3.74. The zero-order chi connectivity index (χ0) is 25.7. The van der Waals surface area contributed by atoms with Crippen LogP contribution in [0.3, 0.4) is 0 Å². The maximum Gasteiger partial charge on any atom is 0.261 e. The number of ether oxygens (including phenoxy) is 1. The number of benzene rings is 3. The highest BCUT2D eigenvalue weighted by Gasteiger charge is 2.32. The van der Waals surface area contributed by atoms with Crippen LogP contribution in [0.15, 0.2) is 66.7 Å². The van der Waals surface area contributed by atoms with Gasteiger partial charge in [-0.25, -0.2) is 8.78 Å². The van der Waals surface area contributed by atoms with E-state index in [1.165, 1.54) is 24.3 Å². The molecule has 36 heavy (non-hydrogen) atoms. The number of rotatable bonds is 8. The minimum Gasteiger partial charge on any atom is -0.481 e. The number of hydrogen-bond acceptors (Lipinski definition) is 3. The number of nitrogens with zero attached hydrogens (tertiary/aromatic N) is 1. The molecule has 1 heterocycles. The number of nitrogens with one attached hydrogen (secondary N) is 1. The van der Waals surface area contributed by atoms with Gasteiger partial charge in [0.1, 0.15) is 17.4 Å². The Kier molecular flexibility index (Phi) is 7.98. The summed E-state index contributed by atoms with van der Waals surface area (Å²) in [5, 5.41) is 2.84. The summed E-state index contributed by atoms with van der Waals surface area (Å²) in [5.74, 6) is -0.468. The molecule has 2 atom stereocenters. The first-order chi connectivity index (χ1) is 17.4. The Bertz CT molecular complexity index is 1230. The third-order valence-electron chi connectivity index (χ3n) is 6.45. The van der Waals surface area contributed by atoms with Gasteiger partial charge in [-0.3, -0.25) is 9.59 Å². The van der Waals surface area contributed by atoms with Gasteiger partial charge in [-0.05, 0) is 71.5 Å². The fourth-order valence-corrected chi connectivity index (χ4v) is 4.57. The van der Waals surface area contributed by atoms with E-state index in [2.05, 4.69) is 5.32 Å². The number of amides is 2. The maximum atomic E-state index is 14.1. The summed E-state index contributed by atoms with van der Waals surface area (Å²) >= 11 is 0. The fourth-order valence-electron chi connectivity index (χ4n) is 4.57. The number of carbonyl (C=O) groups is 2. The van der Waals surface area contributed by atoms with Gasteiger partial charge in [-0.15, -0.1) is 0 Å². The molecule has 0 spiro atoms. The highest BCUT2D eigenvalue weighted by molar-refractivity contribution is 5.81. The standard InChI is InChI=1S/C29H30F2N2O3/c1-3-26(29(35)32-18-19-8-11-22(30)12-9-19)36-24-13-10-20-14-15-33(27(34)4-2)28(25(20)17-24)21-6-5-7-23(31)16-21/h5-13,16-17,26,28H,3-4,14-15,18H2,1-2H3,(H,32,35)/t26-,28+/m0/s1. The first-order valence-corrected chi connectivity index (χ1v) is 12.3. The molecule has 0 fully saturated rings. The van der Waals surface area contributed by atoms with E-state index in [4.69, 9.17) is 4.74 Å². The zero-order valence-corrected chi connectivity index (χ0v) is 20.5. The molecule has 1 N–H and O–H groups in total. The second-order valence-corrected chi connectivity index (χ2v) is 8.87. The fraction of sp³-hybridized carbons (Fsp3) is 0.310. The van der Waals surface area contributed by atoms with Crippen LogP contribution in [0.25, 0.3) is 0 Å². The molecule has 0 bridgehead atoms. The molecule has 7 heteroatoms. The van der Waals surface area contributed by atoms with Crippen molar-refractivity contribution < 1.29 is 23.1 Å². The lowest BCUT2D eigenvalue weighted by molar-refractivity contribution is -0.133. The van der Waals surface area contributed by atoms with E-state index in [0.29, 0.717) is 37.1 Å². The molecule has 4 rings (SSSR count). The number of fused-ring (bicyclic) bond motifs is 1. The Labute approximate surface area is 210 Å². The molecule has 3 aromatic rings. The van der Waals surface area contributed by atoms with Gasteiger partial charge in [0, 0.05) is 19.5 Å². The normalized spacial score (nSPS) is 15.7. The van der Waals surface area contributed by atoms with E-state index in [0.717, 1.165) is 16.7 Å². The highest BCUT2D eigenvalue weighted by Crippen LogP contribution is 2.38. The molecule has 0 saturated heterocycles. The van der Waals surface area contributed by atoms with E-state index in [1.54, 1.807) is 23.1 Å². The summed E-state index contributed by atoms with van der Waals surface area (Å²) in [6.45, 7) is 4.48. The van der Waals surface area contributed by atoms with Gasteiger partial charge < -0.3 is 15.0 Å². The van der Waals surface area contributed by atoms with Gasteiger partial charge in [0.25, 0.3) is 5.91 Å². The quantitative estimate of drug-likeness (QED) is 0.463. The largest absolute Gasteiger partial charge is 0.481 e. The van der Waals surface area contributed by atoms with Gasteiger partial charge in [0.2, 0.25) is 5.91 Å². The minimum atomic E-state index is -0.729. The topological polar surface area (TPSA) is 58.6 Å². The van der Waals surface area contributed by atoms with Crippen LogP contribution in [0.5, 0.6) is 5.75 Å². The molecule has 3 aromatic carbocycles. The predicted octanol–water partition coefficient (Wildman–Crippen LogP) is 5.32. The molecule has 1 aliphatic heterocycles. The lowest BCUT2D eigenvalue weighted by atomic mass is 9.87. The van der Waals surface area contributed by atoms with Crippen molar-refractivity contribution in [2.75, 3.05) is 6.54 Å². The molecule has 0 aromatic heterocycles. The third kappa shape index (κ3) is 5.73. The Balaban J connectivity index is 1.57. The Morgan fingerprint density at radius 1 is 1.03 bits per heavy atom. The minimum absolute atomic E-state index is 0.00663. The molecule has 5 nitrogen and oxygen atoms in total. The molecule has 0 unspecified atom stereocenters. The van der Waals surface area contributed by atoms with Crippen LogP contribution in [0.1, 0.15) is 55.0 Å². The van der Waals surface area contributed by atoms with Crippen LogP contribution in [-0.4, -0.2) is 29.4 Å². The molecular formula is C29H30F2N2O3. The zero-order valence-electron chi connectivity index (χ0n) is 20.5. The molecule has 188 valence electrons. The van der Waals surface area contributed by atoms with Crippen molar-refractivity contribution in [1.29, 1.82) is 0 Å². The first-order valence-electron chi connectivity index (χ1n) is 12.3. The van der Waals surface area contributed by atoms with Crippen LogP contribution in [0, 0.1) is 11.6 Å². The molecular weight excluding hydrogens is 462 g/mol. The molecule has 0 aliphatic carbocycles. The second-order valence-electron chi connectivity index (χ2n) is 8.87. The molecule has 1 aliphatic rings. The van der Waals surface area contributed by atoms with Gasteiger partial charge in [0.15, 0.2) is 6.10 Å². The summed E-state index contributed by atoms with van der Waals surface area (Å²) in [6, 6.07) is 17.5. The highest BCUT2D eigenvalue weighted by atomic mass is 19.1. The van der Waals surface area contributed by atoms with Crippen molar-refractivity contribution in [3.8, 4) is 5.75 Å². The van der Waals surface area contributed by atoms with E-state index < -0.39 is 12.1 Å². The number of carbonyl (C=O) groups excluding carboxylic acids is 2. The lowest BCUT2D eigenvalue weighted by Crippen LogP contribution is -2.40. The van der Waals surface area contributed by atoms with E-state index >= 15 is 0 Å². The summed E-state index contributed by atoms with van der Waals surface area (Å²) in [5.41, 5.74) is 3.41. The van der Waals surface area contributed by atoms with E-state index in [-0.39, 0.29) is 30.0 Å². The Morgan fingerprint density at radius 2 is 1.81 bits per heavy atom. The summed E-state index contributed by atoms with van der Waals surface area (Å²) in [4.78, 5) is 27.4. The van der Waals surface area contributed by atoms with Crippen molar-refractivity contribution in [3.05, 3.63) is 101 Å². The summed E-state index contributed by atoms with van der Waals surface area (Å²) < 4.78 is 33.3. The smallest absolute Gasteiger partial charge is 0.261 e. The average molecular weight is 493 g/mol. The maximum absolute atomic E-state index is 14.1. The van der Waals surface area contributed by atoms with Crippen LogP contribution in [-0.2, 0) is 22.6 Å². The van der Waals surface area contributed by atoms with Crippen molar-refractivity contribution in [2.24, 2.45) is 0 Å². The molecule has 0 saturated carbocycles. The second kappa shape index (κ2) is 11.3. The van der Waals surface area contributed by atoms with Crippen molar-refractivity contribution in [3.63, 3.8) is 0 Å². The van der Waals surface area contributed by atoms with Crippen LogP contribution < -0.4 is 10.1 Å². The van der Waals surface area contributed by atoms with Gasteiger partial charge >= 0.3 is 0 Å². The average Bonchev–Trinajstić information content (AvgIpc) is 2.90. The van der Waals surface area contributed by atoms with Crippen LogP contribution in [0.2, 0.25) is 0 Å². The lowest BCUT2D eigenvalue weighted by Gasteiger charge is -2.38. The van der Waals surface area contributed by atoms with Crippen LogP contribution >= 0.6 is 0 Å². The van der Waals surface area contributed by atoms with Gasteiger partial charge in [0.05, 0.1) is 6.04 Å². The molecule has 0 radical (unpaired) electrons. The predicted molar refractivity (Wildman–Crippen MR) is 133 cm³/mol. The number of halogens is 2. The first kappa shape index (κ1) is 25.4. The monoisotopic (exact) mass is 492 g/mol. The van der Waals surface area contributed by atoms with Crippen LogP contribution in [0.4, 0.5) is 8.78 Å².